The van der Waals surface area contributed by atoms with Gasteiger partial charge in [0.25, 0.3) is 0 Å². The van der Waals surface area contributed by atoms with Gasteiger partial charge in [0, 0.05) is 18.9 Å². The predicted molar refractivity (Wildman–Crippen MR) is 123 cm³/mol. The molecule has 0 spiro atoms. The fourth-order valence-corrected chi connectivity index (χ4v) is 4.33. The van der Waals surface area contributed by atoms with Gasteiger partial charge in [0.05, 0.1) is 24.2 Å². The van der Waals surface area contributed by atoms with Gasteiger partial charge in [-0.25, -0.2) is 9.38 Å². The highest BCUT2D eigenvalue weighted by Gasteiger charge is 2.38. The normalized spacial score (nSPS) is 23.8. The summed E-state index contributed by atoms with van der Waals surface area (Å²) in [5, 5.41) is 0. The third-order valence-corrected chi connectivity index (χ3v) is 6.74. The Hall–Kier alpha value is -3.22. The van der Waals surface area contributed by atoms with Crippen LogP contribution in [-0.2, 0) is 16.1 Å². The quantitative estimate of drug-likeness (QED) is 0.774. The minimum atomic E-state index is -0.528. The van der Waals surface area contributed by atoms with Crippen LogP contribution in [-0.4, -0.2) is 34.8 Å². The molecule has 0 aliphatic carbocycles. The number of carbonyl (C=O) groups excluding carboxylic acids is 2. The van der Waals surface area contributed by atoms with Gasteiger partial charge in [-0.15, -0.1) is 0 Å². The number of halogens is 1. The van der Waals surface area contributed by atoms with Crippen LogP contribution in [0.4, 0.5) is 10.1 Å². The Morgan fingerprint density at radius 1 is 1.16 bits per heavy atom. The van der Waals surface area contributed by atoms with Crippen LogP contribution in [0.3, 0.4) is 0 Å². The smallest absolute Gasteiger partial charge is 0.232 e. The van der Waals surface area contributed by atoms with E-state index in [4.69, 9.17) is 5.73 Å². The van der Waals surface area contributed by atoms with Gasteiger partial charge in [-0.05, 0) is 36.1 Å². The molecule has 2 aromatic rings. The third kappa shape index (κ3) is 4.11. The predicted octanol–water partition coefficient (Wildman–Crippen LogP) is 3.81. The van der Waals surface area contributed by atoms with Crippen molar-refractivity contribution in [3.8, 4) is 0 Å². The summed E-state index contributed by atoms with van der Waals surface area (Å²) in [5.41, 5.74) is 7.61. The highest BCUT2D eigenvalue weighted by molar-refractivity contribution is 5.99. The summed E-state index contributed by atoms with van der Waals surface area (Å²) in [6.07, 6.45) is 0.606. The zero-order valence-electron chi connectivity index (χ0n) is 18.7. The monoisotopic (exact) mass is 436 g/mol. The summed E-state index contributed by atoms with van der Waals surface area (Å²) in [6, 6.07) is 14.4. The van der Waals surface area contributed by atoms with Gasteiger partial charge in [0.15, 0.2) is 5.96 Å². The largest absolute Gasteiger partial charge is 0.369 e. The molecule has 4 rings (SSSR count). The van der Waals surface area contributed by atoms with E-state index in [9.17, 15) is 14.0 Å². The standard InChI is InChI=1S/C25H29FN4O2/c1-16(2)25(3)13-23(32)30(24(27)28-25)14-17-9-10-20(26)21(11-17)29-15-19(12-22(29)31)18-7-5-4-6-8-18/h4-11,16,19H,12-15H2,1-3H3,(H2,27,28). The van der Waals surface area contributed by atoms with Gasteiger partial charge >= 0.3 is 0 Å². The molecule has 168 valence electrons. The number of nitrogens with two attached hydrogens (primary N) is 1. The number of rotatable bonds is 5. The van der Waals surface area contributed by atoms with Gasteiger partial charge in [-0.3, -0.25) is 14.5 Å². The van der Waals surface area contributed by atoms with E-state index in [1.165, 1.54) is 15.9 Å². The molecule has 7 heteroatoms. The number of aliphatic imine (C=N–C) groups is 1. The summed E-state index contributed by atoms with van der Waals surface area (Å²) >= 11 is 0. The molecule has 2 N–H and O–H groups in total. The van der Waals surface area contributed by atoms with E-state index in [-0.39, 0.29) is 48.3 Å². The average molecular weight is 437 g/mol. The van der Waals surface area contributed by atoms with Crippen LogP contribution in [0.2, 0.25) is 0 Å². The molecule has 2 atom stereocenters. The molecule has 1 fully saturated rings. The molecule has 0 saturated carbocycles. The van der Waals surface area contributed by atoms with E-state index in [1.54, 1.807) is 12.1 Å². The lowest BCUT2D eigenvalue weighted by Crippen LogP contribution is -2.51. The molecular weight excluding hydrogens is 407 g/mol. The first kappa shape index (κ1) is 22.0. The summed E-state index contributed by atoms with van der Waals surface area (Å²) in [4.78, 5) is 33.0. The number of benzene rings is 2. The molecule has 2 aliphatic rings. The second-order valence-corrected chi connectivity index (χ2v) is 9.24. The van der Waals surface area contributed by atoms with Crippen molar-refractivity contribution in [2.75, 3.05) is 11.4 Å². The molecule has 2 heterocycles. The van der Waals surface area contributed by atoms with E-state index in [0.29, 0.717) is 18.5 Å². The Morgan fingerprint density at radius 2 is 1.88 bits per heavy atom. The van der Waals surface area contributed by atoms with E-state index < -0.39 is 11.4 Å². The van der Waals surface area contributed by atoms with Crippen LogP contribution in [0.1, 0.15) is 50.7 Å². The third-order valence-electron chi connectivity index (χ3n) is 6.74. The molecule has 0 bridgehead atoms. The minimum absolute atomic E-state index is 0.0203. The molecule has 6 nitrogen and oxygen atoms in total. The first-order valence-corrected chi connectivity index (χ1v) is 11.0. The maximum atomic E-state index is 14.7. The number of guanidine groups is 1. The first-order chi connectivity index (χ1) is 15.2. The van der Waals surface area contributed by atoms with Crippen molar-refractivity contribution < 1.29 is 14.0 Å². The molecule has 0 radical (unpaired) electrons. The van der Waals surface area contributed by atoms with Crippen LogP contribution in [0.25, 0.3) is 0 Å². The van der Waals surface area contributed by atoms with Crippen molar-refractivity contribution in [1.82, 2.24) is 4.90 Å². The highest BCUT2D eigenvalue weighted by atomic mass is 19.1. The molecule has 0 aromatic heterocycles. The number of hydrogen-bond acceptors (Lipinski definition) is 4. The Balaban J connectivity index is 1.56. The Morgan fingerprint density at radius 3 is 2.53 bits per heavy atom. The van der Waals surface area contributed by atoms with Crippen molar-refractivity contribution in [1.29, 1.82) is 0 Å². The maximum Gasteiger partial charge on any atom is 0.232 e. The fourth-order valence-electron chi connectivity index (χ4n) is 4.33. The Kier molecular flexibility index (Phi) is 5.75. The zero-order valence-corrected chi connectivity index (χ0v) is 18.7. The number of anilines is 1. The van der Waals surface area contributed by atoms with E-state index in [1.807, 2.05) is 51.1 Å². The zero-order chi connectivity index (χ0) is 23.0. The molecule has 2 unspecified atom stereocenters. The van der Waals surface area contributed by atoms with E-state index in [2.05, 4.69) is 4.99 Å². The molecule has 2 amide bonds. The van der Waals surface area contributed by atoms with Gasteiger partial charge < -0.3 is 10.6 Å². The minimum Gasteiger partial charge on any atom is -0.369 e. The van der Waals surface area contributed by atoms with Crippen molar-refractivity contribution >= 4 is 23.5 Å². The van der Waals surface area contributed by atoms with Crippen molar-refractivity contribution in [2.45, 2.75) is 51.6 Å². The van der Waals surface area contributed by atoms with Crippen LogP contribution < -0.4 is 10.6 Å². The second kappa shape index (κ2) is 8.37. The van der Waals surface area contributed by atoms with Gasteiger partial charge in [-0.1, -0.05) is 50.2 Å². The molecular formula is C25H29FN4O2. The summed E-state index contributed by atoms with van der Waals surface area (Å²) in [7, 11) is 0. The first-order valence-electron chi connectivity index (χ1n) is 11.0. The number of nitrogens with zero attached hydrogens (tertiary/aromatic N) is 3. The van der Waals surface area contributed by atoms with Gasteiger partial charge in [0.1, 0.15) is 5.82 Å². The van der Waals surface area contributed by atoms with Crippen molar-refractivity contribution in [3.05, 3.63) is 65.5 Å². The van der Waals surface area contributed by atoms with Crippen LogP contribution >= 0.6 is 0 Å². The summed E-state index contributed by atoms with van der Waals surface area (Å²) in [6.45, 7) is 6.56. The van der Waals surface area contributed by atoms with Gasteiger partial charge in [0.2, 0.25) is 11.8 Å². The van der Waals surface area contributed by atoms with Crippen molar-refractivity contribution in [3.63, 3.8) is 0 Å². The molecule has 2 aromatic carbocycles. The average Bonchev–Trinajstić information content (AvgIpc) is 3.14. The number of carbonyl (C=O) groups is 2. The number of amides is 2. The lowest BCUT2D eigenvalue weighted by Gasteiger charge is -2.37. The van der Waals surface area contributed by atoms with E-state index in [0.717, 1.165) is 5.56 Å². The van der Waals surface area contributed by atoms with E-state index >= 15 is 0 Å². The Labute approximate surface area is 187 Å². The molecule has 32 heavy (non-hydrogen) atoms. The molecule has 1 saturated heterocycles. The highest BCUT2D eigenvalue weighted by Crippen LogP contribution is 2.34. The van der Waals surface area contributed by atoms with Gasteiger partial charge in [-0.2, -0.15) is 0 Å². The fraction of sp³-hybridized carbons (Fsp3) is 0.400. The summed E-state index contributed by atoms with van der Waals surface area (Å²) < 4.78 is 14.7. The summed E-state index contributed by atoms with van der Waals surface area (Å²) in [5.74, 6) is -0.326. The second-order valence-electron chi connectivity index (χ2n) is 9.24. The van der Waals surface area contributed by atoms with Crippen LogP contribution in [0, 0.1) is 11.7 Å². The van der Waals surface area contributed by atoms with Crippen molar-refractivity contribution in [2.24, 2.45) is 16.6 Å². The lowest BCUT2D eigenvalue weighted by molar-refractivity contribution is -0.130. The SMILES string of the molecule is CC(C)C1(C)CC(=O)N(Cc2ccc(F)c(N3CC(c4ccccc4)CC3=O)c2)C(N)=N1. The topological polar surface area (TPSA) is 79.0 Å². The van der Waals surface area contributed by atoms with Crippen LogP contribution in [0.15, 0.2) is 53.5 Å². The Bertz CT molecular complexity index is 1070. The maximum absolute atomic E-state index is 14.7. The lowest BCUT2D eigenvalue weighted by atomic mass is 9.84. The molecule has 2 aliphatic heterocycles. The number of hydrogen-bond donors (Lipinski definition) is 1. The van der Waals surface area contributed by atoms with Crippen LogP contribution in [0.5, 0.6) is 0 Å².